The van der Waals surface area contributed by atoms with Crippen molar-refractivity contribution in [2.45, 2.75) is 28.7 Å². The fraction of sp³-hybridized carbons (Fsp3) is 0.350. The van der Waals surface area contributed by atoms with Crippen molar-refractivity contribution in [3.05, 3.63) is 46.7 Å². The van der Waals surface area contributed by atoms with Gasteiger partial charge in [0.15, 0.2) is 5.17 Å². The molecule has 16 heteroatoms. The zero-order valence-electron chi connectivity index (χ0n) is 19.0. The Kier molecular flexibility index (Phi) is 8.05. The number of carboxylic acid groups (broad SMARTS) is 1. The van der Waals surface area contributed by atoms with E-state index < -0.39 is 23.3 Å². The van der Waals surface area contributed by atoms with Crippen LogP contribution in [0.3, 0.4) is 0 Å². The SMILES string of the molecule is Cn1nnnc1SCC1=C(C(=O)O)N2C(=O)C(NC(=O)Cc3ccc(CS/C(N)=N/N)cc3)C2SC1. The Bertz CT molecular complexity index is 1230. The number of carboxylic acids is 1. The summed E-state index contributed by atoms with van der Waals surface area (Å²) in [5, 5.41) is 27.5. The number of hydrogen-bond donors (Lipinski definition) is 4. The van der Waals surface area contributed by atoms with Gasteiger partial charge in [-0.25, -0.2) is 9.48 Å². The first-order chi connectivity index (χ1) is 17.3. The third-order valence-corrected chi connectivity index (χ3v) is 8.74. The average Bonchev–Trinajstić information content (AvgIpc) is 3.29. The molecule has 2 aliphatic rings. The van der Waals surface area contributed by atoms with Crippen molar-refractivity contribution in [1.82, 2.24) is 30.4 Å². The quantitative estimate of drug-likeness (QED) is 0.0798. The lowest BCUT2D eigenvalue weighted by Crippen LogP contribution is -2.70. The Labute approximate surface area is 218 Å². The normalized spacial score (nSPS) is 19.6. The predicted molar refractivity (Wildman–Crippen MR) is 136 cm³/mol. The molecule has 3 heterocycles. The van der Waals surface area contributed by atoms with Crippen LogP contribution in [0.15, 0.2) is 45.8 Å². The highest BCUT2D eigenvalue weighted by Crippen LogP contribution is 2.41. The molecule has 1 saturated heterocycles. The van der Waals surface area contributed by atoms with Gasteiger partial charge in [-0.15, -0.1) is 16.9 Å². The summed E-state index contributed by atoms with van der Waals surface area (Å²) in [6.07, 6.45) is 0.0935. The first-order valence-corrected chi connectivity index (χ1v) is 13.6. The van der Waals surface area contributed by atoms with Crippen LogP contribution in [0.2, 0.25) is 0 Å². The average molecular weight is 550 g/mol. The summed E-state index contributed by atoms with van der Waals surface area (Å²) in [6, 6.07) is 6.65. The minimum absolute atomic E-state index is 0.0364. The van der Waals surface area contributed by atoms with E-state index in [4.69, 9.17) is 11.6 Å². The van der Waals surface area contributed by atoms with E-state index in [2.05, 4.69) is 25.9 Å². The number of thioether (sulfide) groups is 3. The second-order valence-corrected chi connectivity index (χ2v) is 10.9. The number of nitrogens with one attached hydrogen (secondary N) is 1. The minimum Gasteiger partial charge on any atom is -0.477 e. The lowest BCUT2D eigenvalue weighted by molar-refractivity contribution is -0.150. The number of nitrogens with zero attached hydrogens (tertiary/aromatic N) is 6. The monoisotopic (exact) mass is 549 g/mol. The minimum atomic E-state index is -1.18. The maximum atomic E-state index is 12.9. The van der Waals surface area contributed by atoms with Gasteiger partial charge in [-0.2, -0.15) is 5.10 Å². The molecule has 1 fully saturated rings. The highest BCUT2D eigenvalue weighted by atomic mass is 32.2. The van der Waals surface area contributed by atoms with E-state index in [0.29, 0.717) is 28.0 Å². The van der Waals surface area contributed by atoms with Crippen LogP contribution >= 0.6 is 35.3 Å². The first-order valence-electron chi connectivity index (χ1n) is 10.6. The third-order valence-electron chi connectivity index (χ3n) is 5.42. The molecular formula is C20H23N9O4S3. The van der Waals surface area contributed by atoms with E-state index in [1.165, 1.54) is 44.9 Å². The van der Waals surface area contributed by atoms with Gasteiger partial charge in [0.1, 0.15) is 17.1 Å². The number of rotatable bonds is 9. The number of nitrogens with two attached hydrogens (primary N) is 2. The number of amides is 2. The van der Waals surface area contributed by atoms with Crippen LogP contribution in [0.25, 0.3) is 0 Å². The third kappa shape index (κ3) is 5.60. The van der Waals surface area contributed by atoms with Crippen LogP contribution in [-0.4, -0.2) is 76.1 Å². The van der Waals surface area contributed by atoms with Crippen molar-refractivity contribution < 1.29 is 19.5 Å². The van der Waals surface area contributed by atoms with Crippen molar-refractivity contribution in [2.75, 3.05) is 11.5 Å². The van der Waals surface area contributed by atoms with Crippen LogP contribution in [-0.2, 0) is 33.6 Å². The van der Waals surface area contributed by atoms with Crippen LogP contribution < -0.4 is 16.9 Å². The van der Waals surface area contributed by atoms with Gasteiger partial charge in [0.05, 0.1) is 6.42 Å². The maximum Gasteiger partial charge on any atom is 0.352 e. The van der Waals surface area contributed by atoms with Gasteiger partial charge in [-0.1, -0.05) is 47.8 Å². The fourth-order valence-electron chi connectivity index (χ4n) is 3.65. The number of aromatic nitrogens is 4. The molecule has 190 valence electrons. The molecule has 1 aromatic carbocycles. The predicted octanol–water partition coefficient (Wildman–Crippen LogP) is -0.295. The summed E-state index contributed by atoms with van der Waals surface area (Å²) < 4.78 is 1.49. The van der Waals surface area contributed by atoms with Crippen molar-refractivity contribution in [3.63, 3.8) is 0 Å². The number of hydrogen-bond acceptors (Lipinski definition) is 11. The van der Waals surface area contributed by atoms with E-state index in [9.17, 15) is 19.5 Å². The Morgan fingerprint density at radius 1 is 1.28 bits per heavy atom. The molecule has 36 heavy (non-hydrogen) atoms. The molecule has 0 aliphatic carbocycles. The molecule has 0 radical (unpaired) electrons. The second-order valence-electron chi connectivity index (χ2n) is 7.84. The number of fused-ring (bicyclic) bond motifs is 1. The summed E-state index contributed by atoms with van der Waals surface area (Å²) in [7, 11) is 1.69. The summed E-state index contributed by atoms with van der Waals surface area (Å²) in [5.74, 6) is 4.53. The lowest BCUT2D eigenvalue weighted by atomic mass is 10.0. The van der Waals surface area contributed by atoms with E-state index in [1.54, 1.807) is 7.05 Å². The van der Waals surface area contributed by atoms with Gasteiger partial charge in [0.25, 0.3) is 5.91 Å². The molecule has 2 atom stereocenters. The molecule has 0 saturated carbocycles. The number of carbonyl (C=O) groups excluding carboxylic acids is 2. The number of β-lactam (4-membered cyclic amide) rings is 1. The molecule has 2 aliphatic heterocycles. The number of carbonyl (C=O) groups is 3. The molecular weight excluding hydrogens is 526 g/mol. The van der Waals surface area contributed by atoms with Gasteiger partial charge in [0.2, 0.25) is 11.1 Å². The van der Waals surface area contributed by atoms with Crippen molar-refractivity contribution in [1.29, 1.82) is 0 Å². The van der Waals surface area contributed by atoms with Crippen LogP contribution in [0, 0.1) is 0 Å². The molecule has 13 nitrogen and oxygen atoms in total. The van der Waals surface area contributed by atoms with Crippen molar-refractivity contribution >= 4 is 58.2 Å². The van der Waals surface area contributed by atoms with Gasteiger partial charge in [0, 0.05) is 24.3 Å². The number of tetrazole rings is 1. The number of hydrazone groups is 1. The highest BCUT2D eigenvalue weighted by Gasteiger charge is 2.54. The molecule has 2 unspecified atom stereocenters. The summed E-state index contributed by atoms with van der Waals surface area (Å²) in [4.78, 5) is 38.7. The van der Waals surface area contributed by atoms with Gasteiger partial charge >= 0.3 is 5.97 Å². The summed E-state index contributed by atoms with van der Waals surface area (Å²) in [6.45, 7) is 0. The molecule has 0 spiro atoms. The fourth-order valence-corrected chi connectivity index (χ4v) is 6.56. The largest absolute Gasteiger partial charge is 0.477 e. The van der Waals surface area contributed by atoms with E-state index in [1.807, 2.05) is 24.3 Å². The van der Waals surface area contributed by atoms with Gasteiger partial charge in [-0.05, 0) is 27.1 Å². The van der Waals surface area contributed by atoms with Crippen LogP contribution in [0.5, 0.6) is 0 Å². The second kappa shape index (κ2) is 11.2. The number of amidine groups is 1. The van der Waals surface area contributed by atoms with E-state index in [0.717, 1.165) is 11.1 Å². The summed E-state index contributed by atoms with van der Waals surface area (Å²) in [5.41, 5.74) is 7.92. The zero-order chi connectivity index (χ0) is 25.8. The Hall–Kier alpha value is -3.24. The molecule has 2 aromatic rings. The molecule has 2 amide bonds. The summed E-state index contributed by atoms with van der Waals surface area (Å²) >= 11 is 4.02. The Morgan fingerprint density at radius 3 is 2.64 bits per heavy atom. The van der Waals surface area contributed by atoms with Gasteiger partial charge in [-0.3, -0.25) is 14.5 Å². The molecule has 4 rings (SSSR count). The molecule has 0 bridgehead atoms. The Balaban J connectivity index is 1.35. The van der Waals surface area contributed by atoms with Gasteiger partial charge < -0.3 is 22.0 Å². The topological polar surface area (TPSA) is 195 Å². The number of aryl methyl sites for hydroxylation is 1. The van der Waals surface area contributed by atoms with Crippen molar-refractivity contribution in [3.8, 4) is 0 Å². The van der Waals surface area contributed by atoms with Crippen LogP contribution in [0.4, 0.5) is 0 Å². The Morgan fingerprint density at radius 2 is 2.00 bits per heavy atom. The highest BCUT2D eigenvalue weighted by molar-refractivity contribution is 8.13. The zero-order valence-corrected chi connectivity index (χ0v) is 21.5. The van der Waals surface area contributed by atoms with E-state index in [-0.39, 0.29) is 23.2 Å². The van der Waals surface area contributed by atoms with Crippen molar-refractivity contribution in [2.24, 2.45) is 23.7 Å². The lowest BCUT2D eigenvalue weighted by Gasteiger charge is -2.49. The smallest absolute Gasteiger partial charge is 0.352 e. The number of aliphatic carboxylic acids is 1. The van der Waals surface area contributed by atoms with Crippen LogP contribution in [0.1, 0.15) is 11.1 Å². The molecule has 6 N–H and O–H groups in total. The first kappa shape index (κ1) is 25.8. The van der Waals surface area contributed by atoms with E-state index >= 15 is 0 Å². The molecule has 1 aromatic heterocycles. The number of benzene rings is 1. The standard InChI is InChI=1S/C20H23N9O4S3/c1-28-20(25-26-27-28)36-9-12-8-34-17-14(16(31)29(17)15(12)18(32)33)23-13(30)6-10-2-4-11(5-3-10)7-35-19(21)24-22/h2-5,14,17H,6-9,22H2,1H3,(H2,21,24)(H,23,30)(H,32,33). The maximum absolute atomic E-state index is 12.9.